The average molecular weight is 273 g/mol. The Hall–Kier alpha value is -1.44. The highest BCUT2D eigenvalue weighted by molar-refractivity contribution is 7.89. The van der Waals surface area contributed by atoms with Crippen LogP contribution in [0.2, 0.25) is 5.28 Å². The molecule has 17 heavy (non-hydrogen) atoms. The van der Waals surface area contributed by atoms with Gasteiger partial charge in [0, 0.05) is 18.9 Å². The molecule has 0 bridgehead atoms. The van der Waals surface area contributed by atoms with Gasteiger partial charge in [-0.15, -0.1) is 0 Å². The number of H-pyrrole nitrogens is 1. The van der Waals surface area contributed by atoms with Gasteiger partial charge in [-0.2, -0.15) is 0 Å². The van der Waals surface area contributed by atoms with E-state index in [1.807, 2.05) is 0 Å². The van der Waals surface area contributed by atoms with Crippen LogP contribution in [0.15, 0.2) is 35.7 Å². The van der Waals surface area contributed by atoms with Gasteiger partial charge >= 0.3 is 0 Å². The van der Waals surface area contributed by atoms with Gasteiger partial charge in [0.1, 0.15) is 4.90 Å². The molecule has 90 valence electrons. The Morgan fingerprint density at radius 2 is 2.06 bits per heavy atom. The van der Waals surface area contributed by atoms with E-state index in [0.29, 0.717) is 0 Å². The predicted molar refractivity (Wildman–Crippen MR) is 61.9 cm³/mol. The Labute approximate surface area is 103 Å². The number of rotatable bonds is 4. The van der Waals surface area contributed by atoms with Crippen molar-refractivity contribution in [2.24, 2.45) is 0 Å². The van der Waals surface area contributed by atoms with Gasteiger partial charge in [-0.05, 0) is 23.2 Å². The second-order valence-electron chi connectivity index (χ2n) is 3.23. The summed E-state index contributed by atoms with van der Waals surface area (Å²) in [4.78, 5) is 10.1. The summed E-state index contributed by atoms with van der Waals surface area (Å²) in [6.07, 6.45) is 5.75. The minimum atomic E-state index is -3.60. The van der Waals surface area contributed by atoms with Crippen molar-refractivity contribution in [3.8, 4) is 0 Å². The predicted octanol–water partition coefficient (Wildman–Crippen LogP) is 0.937. The fraction of sp³-hybridized carbons (Fsp3) is 0.111. The minimum Gasteiger partial charge on any atom is -0.367 e. The number of sulfonamides is 1. The summed E-state index contributed by atoms with van der Waals surface area (Å²) >= 11 is 5.48. The number of nitrogens with one attached hydrogen (secondary N) is 2. The smallest absolute Gasteiger partial charge is 0.243 e. The number of aromatic amines is 1. The summed E-state index contributed by atoms with van der Waals surface area (Å²) in [6, 6.07) is 1.78. The van der Waals surface area contributed by atoms with Crippen molar-refractivity contribution in [2.75, 3.05) is 0 Å². The van der Waals surface area contributed by atoms with Crippen LogP contribution in [-0.2, 0) is 16.6 Å². The molecule has 2 aromatic heterocycles. The molecular weight excluding hydrogens is 264 g/mol. The lowest BCUT2D eigenvalue weighted by Crippen LogP contribution is -2.23. The van der Waals surface area contributed by atoms with Crippen molar-refractivity contribution in [2.45, 2.75) is 11.4 Å². The molecule has 0 radical (unpaired) electrons. The highest BCUT2D eigenvalue weighted by atomic mass is 35.5. The summed E-state index contributed by atoms with van der Waals surface area (Å²) in [6.45, 7) is 0.203. The van der Waals surface area contributed by atoms with Crippen LogP contribution >= 0.6 is 11.6 Å². The van der Waals surface area contributed by atoms with Gasteiger partial charge in [-0.3, -0.25) is 0 Å². The molecule has 2 aromatic rings. The minimum absolute atomic E-state index is 0.00887. The Balaban J connectivity index is 2.11. The molecule has 0 aromatic carbocycles. The lowest BCUT2D eigenvalue weighted by atomic mass is 10.4. The van der Waals surface area contributed by atoms with E-state index in [2.05, 4.69) is 19.7 Å². The molecule has 2 rings (SSSR count). The molecule has 8 heteroatoms. The Bertz CT molecular complexity index is 580. The zero-order valence-corrected chi connectivity index (χ0v) is 10.2. The average Bonchev–Trinajstić information content (AvgIpc) is 2.80. The zero-order chi connectivity index (χ0) is 12.3. The molecule has 0 saturated heterocycles. The van der Waals surface area contributed by atoms with Crippen molar-refractivity contribution in [1.29, 1.82) is 0 Å². The van der Waals surface area contributed by atoms with Crippen LogP contribution in [0, 0.1) is 0 Å². The highest BCUT2D eigenvalue weighted by Crippen LogP contribution is 2.08. The molecule has 0 aliphatic carbocycles. The molecule has 0 aliphatic heterocycles. The van der Waals surface area contributed by atoms with Gasteiger partial charge in [-0.1, -0.05) is 0 Å². The van der Waals surface area contributed by atoms with Crippen LogP contribution < -0.4 is 4.72 Å². The first-order chi connectivity index (χ1) is 8.08. The van der Waals surface area contributed by atoms with E-state index in [4.69, 9.17) is 11.6 Å². The van der Waals surface area contributed by atoms with Crippen LogP contribution in [0.1, 0.15) is 5.56 Å². The van der Waals surface area contributed by atoms with Crippen LogP contribution in [0.3, 0.4) is 0 Å². The standard InChI is InChI=1S/C9H9ClN4O2S/c10-9-12-5-8(6-13-9)17(15,16)14-4-7-1-2-11-3-7/h1-3,5-6,11,14H,4H2. The topological polar surface area (TPSA) is 87.7 Å². The molecule has 2 N–H and O–H groups in total. The second-order valence-corrected chi connectivity index (χ2v) is 5.34. The maximum absolute atomic E-state index is 11.8. The summed E-state index contributed by atoms with van der Waals surface area (Å²) in [5, 5.41) is 0.00887. The van der Waals surface area contributed by atoms with Gasteiger partial charge in [0.2, 0.25) is 15.3 Å². The molecule has 0 amide bonds. The maximum Gasteiger partial charge on any atom is 0.243 e. The SMILES string of the molecule is O=S(=O)(NCc1cc[nH]c1)c1cnc(Cl)nc1. The van der Waals surface area contributed by atoms with E-state index in [-0.39, 0.29) is 16.7 Å². The lowest BCUT2D eigenvalue weighted by molar-refractivity contribution is 0.580. The molecule has 0 unspecified atom stereocenters. The van der Waals surface area contributed by atoms with Gasteiger partial charge < -0.3 is 4.98 Å². The van der Waals surface area contributed by atoms with E-state index < -0.39 is 10.0 Å². The Morgan fingerprint density at radius 3 is 2.65 bits per heavy atom. The van der Waals surface area contributed by atoms with Gasteiger partial charge in [0.15, 0.2) is 0 Å². The first-order valence-electron chi connectivity index (χ1n) is 4.67. The molecule has 0 aliphatic rings. The Kier molecular flexibility index (Phi) is 3.41. The van der Waals surface area contributed by atoms with Gasteiger partial charge in [-0.25, -0.2) is 23.1 Å². The molecule has 2 heterocycles. The summed E-state index contributed by atoms with van der Waals surface area (Å²) in [5.74, 6) is 0. The summed E-state index contributed by atoms with van der Waals surface area (Å²) < 4.78 is 26.0. The van der Waals surface area contributed by atoms with Crippen molar-refractivity contribution < 1.29 is 8.42 Å². The monoisotopic (exact) mass is 272 g/mol. The fourth-order valence-electron chi connectivity index (χ4n) is 1.17. The fourth-order valence-corrected chi connectivity index (χ4v) is 2.17. The van der Waals surface area contributed by atoms with Crippen LogP contribution in [-0.4, -0.2) is 23.4 Å². The number of aromatic nitrogens is 3. The van der Waals surface area contributed by atoms with Crippen LogP contribution in [0.4, 0.5) is 0 Å². The van der Waals surface area contributed by atoms with E-state index in [9.17, 15) is 8.42 Å². The van der Waals surface area contributed by atoms with Crippen molar-refractivity contribution in [1.82, 2.24) is 19.7 Å². The van der Waals surface area contributed by atoms with Crippen LogP contribution in [0.25, 0.3) is 0 Å². The zero-order valence-electron chi connectivity index (χ0n) is 8.59. The Morgan fingerprint density at radius 1 is 1.35 bits per heavy atom. The maximum atomic E-state index is 11.8. The quantitative estimate of drug-likeness (QED) is 0.811. The third-order valence-electron chi connectivity index (χ3n) is 2.04. The first-order valence-corrected chi connectivity index (χ1v) is 6.53. The van der Waals surface area contributed by atoms with Crippen molar-refractivity contribution >= 4 is 21.6 Å². The van der Waals surface area contributed by atoms with Gasteiger partial charge in [0.25, 0.3) is 0 Å². The second kappa shape index (κ2) is 4.82. The van der Waals surface area contributed by atoms with E-state index >= 15 is 0 Å². The number of hydrogen-bond donors (Lipinski definition) is 2. The summed E-state index contributed by atoms with van der Waals surface area (Å²) in [5.41, 5.74) is 0.837. The lowest BCUT2D eigenvalue weighted by Gasteiger charge is -2.04. The number of hydrogen-bond acceptors (Lipinski definition) is 4. The molecule has 6 nitrogen and oxygen atoms in total. The number of nitrogens with zero attached hydrogens (tertiary/aromatic N) is 2. The molecule has 0 saturated carbocycles. The molecule has 0 spiro atoms. The third-order valence-corrected chi connectivity index (χ3v) is 3.59. The van der Waals surface area contributed by atoms with E-state index in [1.54, 1.807) is 18.5 Å². The van der Waals surface area contributed by atoms with Gasteiger partial charge in [0.05, 0.1) is 12.4 Å². The van der Waals surface area contributed by atoms with E-state index in [0.717, 1.165) is 18.0 Å². The third kappa shape index (κ3) is 3.02. The van der Waals surface area contributed by atoms with E-state index in [1.165, 1.54) is 0 Å². The molecule has 0 atom stereocenters. The van der Waals surface area contributed by atoms with Crippen molar-refractivity contribution in [3.63, 3.8) is 0 Å². The largest absolute Gasteiger partial charge is 0.367 e. The van der Waals surface area contributed by atoms with Crippen molar-refractivity contribution in [3.05, 3.63) is 41.7 Å². The first kappa shape index (κ1) is 12.0. The number of halogens is 1. The molecule has 0 fully saturated rings. The normalized spacial score (nSPS) is 11.6. The highest BCUT2D eigenvalue weighted by Gasteiger charge is 2.14. The van der Waals surface area contributed by atoms with Crippen LogP contribution in [0.5, 0.6) is 0 Å². The summed E-state index contributed by atoms with van der Waals surface area (Å²) in [7, 11) is -3.60. The molecular formula is C9H9ClN4O2S.